The van der Waals surface area contributed by atoms with Gasteiger partial charge in [-0.2, -0.15) is 5.10 Å². The van der Waals surface area contributed by atoms with Crippen LogP contribution in [0.15, 0.2) is 23.1 Å². The third-order valence-electron chi connectivity index (χ3n) is 4.67. The molecule has 2 aromatic heterocycles. The van der Waals surface area contributed by atoms with Gasteiger partial charge in [-0.25, -0.2) is 4.79 Å². The number of likely N-dealkylation sites (N-methyl/N-ethyl adjacent to an activating group) is 1. The quantitative estimate of drug-likeness (QED) is 0.845. The number of hydrogen-bond donors (Lipinski definition) is 0. The molecule has 0 bridgehead atoms. The first-order valence-corrected chi connectivity index (χ1v) is 7.81. The molecular formula is C15H20N6O2. The number of likely N-dealkylation sites (tertiary alicyclic amines) is 1. The number of rotatable bonds is 4. The fourth-order valence-corrected chi connectivity index (χ4v) is 3.10. The minimum absolute atomic E-state index is 0.0442. The Morgan fingerprint density at radius 2 is 2.13 bits per heavy atom. The summed E-state index contributed by atoms with van der Waals surface area (Å²) in [6.45, 7) is 6.17. The van der Waals surface area contributed by atoms with Gasteiger partial charge < -0.3 is 9.42 Å². The molecule has 0 saturated carbocycles. The summed E-state index contributed by atoms with van der Waals surface area (Å²) >= 11 is 0. The van der Waals surface area contributed by atoms with E-state index in [1.807, 2.05) is 24.9 Å². The first-order valence-electron chi connectivity index (χ1n) is 7.81. The Bertz CT molecular complexity index is 717. The van der Waals surface area contributed by atoms with Gasteiger partial charge in [0.1, 0.15) is 5.76 Å². The third-order valence-corrected chi connectivity index (χ3v) is 4.67. The molecule has 0 atom stereocenters. The van der Waals surface area contributed by atoms with Crippen LogP contribution in [0.1, 0.15) is 17.4 Å². The number of nitrogens with zero attached hydrogens (tertiary/aromatic N) is 6. The Morgan fingerprint density at radius 3 is 2.78 bits per heavy atom. The predicted octanol–water partition coefficient (Wildman–Crippen LogP) is 1.11. The molecule has 0 spiro atoms. The molecule has 0 N–H and O–H groups in total. The van der Waals surface area contributed by atoms with Crippen molar-refractivity contribution < 1.29 is 9.32 Å². The van der Waals surface area contributed by atoms with Gasteiger partial charge in [-0.05, 0) is 6.92 Å². The number of aryl methyl sites for hydroxylation is 1. The Kier molecular flexibility index (Phi) is 3.33. The van der Waals surface area contributed by atoms with Gasteiger partial charge in [-0.15, -0.1) is 0 Å². The molecule has 0 radical (unpaired) electrons. The second-order valence-corrected chi connectivity index (χ2v) is 6.29. The van der Waals surface area contributed by atoms with E-state index in [1.165, 1.54) is 0 Å². The Labute approximate surface area is 134 Å². The molecule has 2 aliphatic rings. The van der Waals surface area contributed by atoms with E-state index < -0.39 is 0 Å². The van der Waals surface area contributed by atoms with E-state index in [2.05, 4.69) is 15.2 Å². The van der Waals surface area contributed by atoms with E-state index in [4.69, 9.17) is 4.52 Å². The van der Waals surface area contributed by atoms with E-state index in [9.17, 15) is 4.79 Å². The van der Waals surface area contributed by atoms with Crippen molar-refractivity contribution in [2.24, 2.45) is 0 Å². The average Bonchev–Trinajstić information content (AvgIpc) is 3.18. The topological polar surface area (TPSA) is 70.6 Å². The van der Waals surface area contributed by atoms with Gasteiger partial charge in [-0.1, -0.05) is 5.16 Å². The number of hydrogen-bond acceptors (Lipinski definition) is 5. The van der Waals surface area contributed by atoms with Crippen molar-refractivity contribution in [3.63, 3.8) is 0 Å². The van der Waals surface area contributed by atoms with Crippen molar-refractivity contribution in [1.29, 1.82) is 0 Å². The summed E-state index contributed by atoms with van der Waals surface area (Å²) in [6.07, 6.45) is 5.54. The molecule has 0 unspecified atom stereocenters. The Balaban J connectivity index is 1.36. The molecule has 2 aromatic rings. The smallest absolute Gasteiger partial charge is 0.324 e. The van der Waals surface area contributed by atoms with Gasteiger partial charge in [0.05, 0.1) is 24.1 Å². The lowest BCUT2D eigenvalue weighted by atomic mass is 10.1. The van der Waals surface area contributed by atoms with Crippen molar-refractivity contribution in [2.45, 2.75) is 19.5 Å². The van der Waals surface area contributed by atoms with Gasteiger partial charge in [0, 0.05) is 51.5 Å². The number of carbonyl (C=O) groups is 1. The van der Waals surface area contributed by atoms with E-state index in [1.54, 1.807) is 22.2 Å². The van der Waals surface area contributed by atoms with Crippen LogP contribution < -0.4 is 4.90 Å². The molecule has 2 aliphatic heterocycles. The van der Waals surface area contributed by atoms with Crippen molar-refractivity contribution in [1.82, 2.24) is 24.7 Å². The van der Waals surface area contributed by atoms with Crippen molar-refractivity contribution in [2.75, 3.05) is 38.1 Å². The zero-order valence-electron chi connectivity index (χ0n) is 13.3. The van der Waals surface area contributed by atoms with Crippen LogP contribution in [0.3, 0.4) is 0 Å². The highest BCUT2D eigenvalue weighted by atomic mass is 16.5. The zero-order chi connectivity index (χ0) is 16.0. The minimum Gasteiger partial charge on any atom is -0.361 e. The van der Waals surface area contributed by atoms with Gasteiger partial charge in [-0.3, -0.25) is 14.5 Å². The summed E-state index contributed by atoms with van der Waals surface area (Å²) < 4.78 is 7.06. The molecule has 8 heteroatoms. The second kappa shape index (κ2) is 5.38. The molecule has 122 valence electrons. The van der Waals surface area contributed by atoms with Gasteiger partial charge in [0.2, 0.25) is 0 Å². The molecule has 0 aromatic carbocycles. The highest BCUT2D eigenvalue weighted by Gasteiger charge is 2.32. The van der Waals surface area contributed by atoms with Crippen LogP contribution in [-0.4, -0.2) is 64.0 Å². The molecule has 2 amide bonds. The van der Waals surface area contributed by atoms with Crippen molar-refractivity contribution >= 4 is 11.7 Å². The third kappa shape index (κ3) is 2.48. The highest BCUT2D eigenvalue weighted by molar-refractivity contribution is 5.93. The molecule has 2 saturated heterocycles. The SMILES string of the molecule is Cc1oncc1CN1CC(n2cc(N3CCN(C)C3=O)cn2)C1. The number of aromatic nitrogens is 3. The molecule has 4 heterocycles. The molecular weight excluding hydrogens is 296 g/mol. The lowest BCUT2D eigenvalue weighted by Crippen LogP contribution is -2.47. The van der Waals surface area contributed by atoms with Gasteiger partial charge in [0.25, 0.3) is 0 Å². The van der Waals surface area contributed by atoms with Gasteiger partial charge in [0.15, 0.2) is 0 Å². The number of urea groups is 1. The lowest BCUT2D eigenvalue weighted by Gasteiger charge is -2.39. The first-order chi connectivity index (χ1) is 11.1. The van der Waals surface area contributed by atoms with E-state index >= 15 is 0 Å². The maximum atomic E-state index is 12.0. The van der Waals surface area contributed by atoms with Crippen LogP contribution in [0.2, 0.25) is 0 Å². The zero-order valence-corrected chi connectivity index (χ0v) is 13.3. The highest BCUT2D eigenvalue weighted by Crippen LogP contribution is 2.26. The van der Waals surface area contributed by atoms with Crippen molar-refractivity contribution in [3.05, 3.63) is 29.9 Å². The second-order valence-electron chi connectivity index (χ2n) is 6.29. The number of carbonyl (C=O) groups excluding carboxylic acids is 1. The fourth-order valence-electron chi connectivity index (χ4n) is 3.10. The summed E-state index contributed by atoms with van der Waals surface area (Å²) in [5, 5.41) is 8.25. The average molecular weight is 316 g/mol. The monoisotopic (exact) mass is 316 g/mol. The maximum Gasteiger partial charge on any atom is 0.324 e. The maximum absolute atomic E-state index is 12.0. The van der Waals surface area contributed by atoms with Crippen LogP contribution >= 0.6 is 0 Å². The van der Waals surface area contributed by atoms with Crippen LogP contribution in [0.4, 0.5) is 10.5 Å². The Morgan fingerprint density at radius 1 is 1.30 bits per heavy atom. The number of anilines is 1. The van der Waals surface area contributed by atoms with E-state index in [-0.39, 0.29) is 6.03 Å². The Hall–Kier alpha value is -2.35. The van der Waals surface area contributed by atoms with E-state index in [0.29, 0.717) is 6.04 Å². The van der Waals surface area contributed by atoms with Crippen LogP contribution in [-0.2, 0) is 6.54 Å². The standard InChI is InChI=1S/C15H20N6O2/c1-11-12(5-17-23-11)7-19-8-14(9-19)21-10-13(6-16-21)20-4-3-18(2)15(20)22/h5-6,10,14H,3-4,7-9H2,1-2H3. The first kappa shape index (κ1) is 14.3. The molecule has 8 nitrogen and oxygen atoms in total. The number of amides is 2. The largest absolute Gasteiger partial charge is 0.361 e. The summed E-state index contributed by atoms with van der Waals surface area (Å²) in [5.74, 6) is 0.881. The van der Waals surface area contributed by atoms with Crippen LogP contribution in [0.5, 0.6) is 0 Å². The summed E-state index contributed by atoms with van der Waals surface area (Å²) in [7, 11) is 1.82. The lowest BCUT2D eigenvalue weighted by molar-refractivity contribution is 0.0904. The van der Waals surface area contributed by atoms with Gasteiger partial charge >= 0.3 is 6.03 Å². The molecule has 2 fully saturated rings. The summed E-state index contributed by atoms with van der Waals surface area (Å²) in [6, 6.07) is 0.405. The molecule has 4 rings (SSSR count). The molecule has 23 heavy (non-hydrogen) atoms. The van der Waals surface area contributed by atoms with Crippen molar-refractivity contribution in [3.8, 4) is 0 Å². The van der Waals surface area contributed by atoms with E-state index in [0.717, 1.165) is 49.7 Å². The van der Waals surface area contributed by atoms with Crippen LogP contribution in [0, 0.1) is 6.92 Å². The minimum atomic E-state index is 0.0442. The van der Waals surface area contributed by atoms with Crippen LogP contribution in [0.25, 0.3) is 0 Å². The summed E-state index contributed by atoms with van der Waals surface area (Å²) in [4.78, 5) is 17.9. The normalized spacial score (nSPS) is 19.7. The molecule has 0 aliphatic carbocycles. The summed E-state index contributed by atoms with van der Waals surface area (Å²) in [5.41, 5.74) is 2.02. The predicted molar refractivity (Wildman–Crippen MR) is 83.2 cm³/mol. The fraction of sp³-hybridized carbons (Fsp3) is 0.533.